The lowest BCUT2D eigenvalue weighted by Gasteiger charge is -2.24. The van der Waals surface area contributed by atoms with Gasteiger partial charge in [0.2, 0.25) is 0 Å². The molecule has 0 saturated carbocycles. The van der Waals surface area contributed by atoms with Gasteiger partial charge >= 0.3 is 0 Å². The van der Waals surface area contributed by atoms with Gasteiger partial charge in [-0.1, -0.05) is 36.4 Å². The minimum atomic E-state index is -0.0296. The van der Waals surface area contributed by atoms with Gasteiger partial charge in [0, 0.05) is 17.9 Å². The van der Waals surface area contributed by atoms with Crippen LogP contribution in [0.25, 0.3) is 0 Å². The number of nitrogens with zero attached hydrogens (tertiary/aromatic N) is 1. The molecule has 3 aromatic rings. The van der Waals surface area contributed by atoms with Gasteiger partial charge in [0.25, 0.3) is 5.91 Å². The molecular formula is C23H21NO3S. The monoisotopic (exact) mass is 391 g/mol. The maximum Gasteiger partial charge on any atom is 0.255 e. The zero-order chi connectivity index (χ0) is 19.3. The molecule has 1 fully saturated rings. The number of ether oxygens (including phenoxy) is 2. The predicted molar refractivity (Wildman–Crippen MR) is 112 cm³/mol. The number of carbonyl (C=O) groups excluding carboxylic acids is 1. The number of thioether (sulfide) groups is 1. The molecule has 0 unspecified atom stereocenters. The number of hydrogen-bond acceptors (Lipinski definition) is 4. The van der Waals surface area contributed by atoms with E-state index in [4.69, 9.17) is 9.47 Å². The first-order valence-corrected chi connectivity index (χ1v) is 10.2. The van der Waals surface area contributed by atoms with Crippen LogP contribution in [0.1, 0.15) is 21.3 Å². The fraction of sp³-hybridized carbons (Fsp3) is 0.174. The number of methoxy groups -OCH3 is 1. The molecule has 0 spiro atoms. The molecule has 0 aliphatic carbocycles. The lowest BCUT2D eigenvalue weighted by molar-refractivity contribution is 0.0760. The molecule has 3 aromatic carbocycles. The third-order valence-electron chi connectivity index (χ3n) is 4.59. The average Bonchev–Trinajstić information content (AvgIpc) is 3.24. The zero-order valence-corrected chi connectivity index (χ0v) is 16.4. The van der Waals surface area contributed by atoms with E-state index in [1.807, 2.05) is 77.7 Å². The van der Waals surface area contributed by atoms with Crippen LogP contribution in [0.3, 0.4) is 0 Å². The standard InChI is InChI=1S/C23H21NO3S/c1-26-20-11-5-7-17(15-20)22(25)24-13-14-28-23(24)18-8-6-12-21(16-18)27-19-9-3-2-4-10-19/h2-12,15-16,23H,13-14H2,1H3/t23-/m1/s1. The number of para-hydroxylation sites is 1. The molecule has 28 heavy (non-hydrogen) atoms. The summed E-state index contributed by atoms with van der Waals surface area (Å²) in [7, 11) is 1.61. The van der Waals surface area contributed by atoms with Crippen molar-refractivity contribution < 1.29 is 14.3 Å². The minimum Gasteiger partial charge on any atom is -0.497 e. The van der Waals surface area contributed by atoms with E-state index >= 15 is 0 Å². The lowest BCUT2D eigenvalue weighted by atomic mass is 10.1. The third kappa shape index (κ3) is 3.99. The SMILES string of the molecule is COc1cccc(C(=O)N2CCS[C@@H]2c2cccc(Oc3ccccc3)c2)c1. The van der Waals surface area contributed by atoms with Crippen molar-refractivity contribution in [2.75, 3.05) is 19.4 Å². The smallest absolute Gasteiger partial charge is 0.255 e. The zero-order valence-electron chi connectivity index (χ0n) is 15.6. The number of benzene rings is 3. The van der Waals surface area contributed by atoms with E-state index in [-0.39, 0.29) is 11.3 Å². The van der Waals surface area contributed by atoms with Gasteiger partial charge in [0.1, 0.15) is 22.6 Å². The highest BCUT2D eigenvalue weighted by Crippen LogP contribution is 2.40. The summed E-state index contributed by atoms with van der Waals surface area (Å²) in [5.74, 6) is 3.17. The van der Waals surface area contributed by atoms with Crippen LogP contribution in [0.5, 0.6) is 17.2 Å². The van der Waals surface area contributed by atoms with E-state index in [2.05, 4.69) is 0 Å². The van der Waals surface area contributed by atoms with Crippen LogP contribution in [0, 0.1) is 0 Å². The van der Waals surface area contributed by atoms with Gasteiger partial charge in [0.15, 0.2) is 0 Å². The highest BCUT2D eigenvalue weighted by molar-refractivity contribution is 7.99. The fourth-order valence-electron chi connectivity index (χ4n) is 3.23. The van der Waals surface area contributed by atoms with Crippen molar-refractivity contribution in [3.8, 4) is 17.2 Å². The van der Waals surface area contributed by atoms with E-state index in [0.29, 0.717) is 11.3 Å². The van der Waals surface area contributed by atoms with E-state index < -0.39 is 0 Å². The Kier molecular flexibility index (Phi) is 5.53. The first kappa shape index (κ1) is 18.4. The average molecular weight is 391 g/mol. The second-order valence-electron chi connectivity index (χ2n) is 6.44. The van der Waals surface area contributed by atoms with Crippen molar-refractivity contribution in [3.05, 3.63) is 90.0 Å². The molecule has 4 nitrogen and oxygen atoms in total. The summed E-state index contributed by atoms with van der Waals surface area (Å²) < 4.78 is 11.2. The van der Waals surface area contributed by atoms with Crippen molar-refractivity contribution in [3.63, 3.8) is 0 Å². The van der Waals surface area contributed by atoms with Crippen LogP contribution >= 0.6 is 11.8 Å². The molecule has 0 aromatic heterocycles. The molecule has 142 valence electrons. The molecule has 5 heteroatoms. The summed E-state index contributed by atoms with van der Waals surface area (Å²) in [6.07, 6.45) is 0. The summed E-state index contributed by atoms with van der Waals surface area (Å²) >= 11 is 1.77. The van der Waals surface area contributed by atoms with Crippen LogP contribution in [0.15, 0.2) is 78.9 Å². The molecule has 1 amide bonds. The van der Waals surface area contributed by atoms with Gasteiger partial charge in [-0.05, 0) is 48.0 Å². The number of carbonyl (C=O) groups is 1. The number of hydrogen-bond donors (Lipinski definition) is 0. The fourth-order valence-corrected chi connectivity index (χ4v) is 4.48. The molecule has 0 radical (unpaired) electrons. The Labute approximate surface area is 169 Å². The van der Waals surface area contributed by atoms with Crippen LogP contribution in [-0.4, -0.2) is 30.2 Å². The molecule has 1 atom stereocenters. The Morgan fingerprint density at radius 3 is 2.50 bits per heavy atom. The highest BCUT2D eigenvalue weighted by Gasteiger charge is 2.31. The second kappa shape index (κ2) is 8.40. The first-order valence-electron chi connectivity index (χ1n) is 9.14. The van der Waals surface area contributed by atoms with Crippen LogP contribution in [0.4, 0.5) is 0 Å². The Morgan fingerprint density at radius 2 is 1.68 bits per heavy atom. The molecule has 1 saturated heterocycles. The van der Waals surface area contributed by atoms with E-state index in [9.17, 15) is 4.79 Å². The predicted octanol–water partition coefficient (Wildman–Crippen LogP) is 5.38. The Bertz CT molecular complexity index is 961. The first-order chi connectivity index (χ1) is 13.7. The summed E-state index contributed by atoms with van der Waals surface area (Å²) in [6, 6.07) is 25.0. The van der Waals surface area contributed by atoms with Gasteiger partial charge in [0.05, 0.1) is 7.11 Å². The van der Waals surface area contributed by atoms with E-state index in [1.165, 1.54) is 0 Å². The van der Waals surface area contributed by atoms with Crippen molar-refractivity contribution >= 4 is 17.7 Å². The molecule has 0 N–H and O–H groups in total. The lowest BCUT2D eigenvalue weighted by Crippen LogP contribution is -2.30. The Hall–Kier alpha value is -2.92. The van der Waals surface area contributed by atoms with Gasteiger partial charge < -0.3 is 14.4 Å². The molecule has 0 bridgehead atoms. The Morgan fingerprint density at radius 1 is 0.929 bits per heavy atom. The summed E-state index contributed by atoms with van der Waals surface area (Å²) in [5.41, 5.74) is 1.70. The largest absolute Gasteiger partial charge is 0.497 e. The summed E-state index contributed by atoms with van der Waals surface area (Å²) in [6.45, 7) is 0.717. The van der Waals surface area contributed by atoms with Crippen molar-refractivity contribution in [1.29, 1.82) is 0 Å². The van der Waals surface area contributed by atoms with Crippen LogP contribution < -0.4 is 9.47 Å². The maximum atomic E-state index is 13.1. The Balaban J connectivity index is 1.56. The van der Waals surface area contributed by atoms with E-state index in [1.54, 1.807) is 24.9 Å². The van der Waals surface area contributed by atoms with Crippen LogP contribution in [0.2, 0.25) is 0 Å². The molecular weight excluding hydrogens is 370 g/mol. The van der Waals surface area contributed by atoms with Gasteiger partial charge in [-0.15, -0.1) is 11.8 Å². The molecule has 1 aliphatic heterocycles. The van der Waals surface area contributed by atoms with Crippen LogP contribution in [-0.2, 0) is 0 Å². The van der Waals surface area contributed by atoms with Gasteiger partial charge in [-0.3, -0.25) is 4.79 Å². The topological polar surface area (TPSA) is 38.8 Å². The quantitative estimate of drug-likeness (QED) is 0.586. The number of amides is 1. The summed E-state index contributed by atoms with van der Waals surface area (Å²) in [5, 5.41) is -0.0296. The minimum absolute atomic E-state index is 0.0169. The summed E-state index contributed by atoms with van der Waals surface area (Å²) in [4.78, 5) is 15.0. The number of rotatable bonds is 5. The molecule has 4 rings (SSSR count). The van der Waals surface area contributed by atoms with Gasteiger partial charge in [-0.2, -0.15) is 0 Å². The van der Waals surface area contributed by atoms with Crippen molar-refractivity contribution in [2.45, 2.75) is 5.37 Å². The van der Waals surface area contributed by atoms with E-state index in [0.717, 1.165) is 29.4 Å². The second-order valence-corrected chi connectivity index (χ2v) is 7.63. The maximum absolute atomic E-state index is 13.1. The van der Waals surface area contributed by atoms with Crippen molar-refractivity contribution in [2.24, 2.45) is 0 Å². The molecule has 1 heterocycles. The van der Waals surface area contributed by atoms with Gasteiger partial charge in [-0.25, -0.2) is 0 Å². The highest BCUT2D eigenvalue weighted by atomic mass is 32.2. The third-order valence-corrected chi connectivity index (χ3v) is 5.85. The molecule has 1 aliphatic rings. The van der Waals surface area contributed by atoms with Crippen molar-refractivity contribution in [1.82, 2.24) is 4.90 Å². The normalized spacial score (nSPS) is 16.0.